The van der Waals surface area contributed by atoms with E-state index < -0.39 is 8.24 Å². The first-order chi connectivity index (χ1) is 5.68. The fourth-order valence-corrected chi connectivity index (χ4v) is 4.18. The van der Waals surface area contributed by atoms with E-state index >= 15 is 0 Å². The molecule has 0 amide bonds. The summed E-state index contributed by atoms with van der Waals surface area (Å²) in [6.45, 7) is 8.88. The third-order valence-corrected chi connectivity index (χ3v) is 9.02. The number of rotatable bonds is 7. The van der Waals surface area contributed by atoms with Crippen LogP contribution in [0.4, 0.5) is 0 Å². The van der Waals surface area contributed by atoms with Crippen molar-refractivity contribution in [2.75, 3.05) is 25.4 Å². The van der Waals surface area contributed by atoms with E-state index in [2.05, 4.69) is 35.7 Å². The molecule has 0 aliphatic rings. The van der Waals surface area contributed by atoms with Crippen LogP contribution in [0.2, 0.25) is 6.55 Å². The highest BCUT2D eigenvalue weighted by Gasteiger charge is 2.23. The average molecular weight is 205 g/mol. The van der Waals surface area contributed by atoms with Crippen LogP contribution in [0.25, 0.3) is 0 Å². The number of hydrogen-bond acceptors (Lipinski definition) is 3. The Balaban J connectivity index is 3.70. The van der Waals surface area contributed by atoms with Gasteiger partial charge in [0.25, 0.3) is 0 Å². The summed E-state index contributed by atoms with van der Waals surface area (Å²) in [5, 5.41) is 6.86. The van der Waals surface area contributed by atoms with Crippen molar-refractivity contribution in [1.82, 2.24) is 15.3 Å². The van der Waals surface area contributed by atoms with Gasteiger partial charge in [0.1, 0.15) is 8.24 Å². The highest BCUT2D eigenvalue weighted by molar-refractivity contribution is 6.80. The van der Waals surface area contributed by atoms with Crippen LogP contribution < -0.4 is 15.3 Å². The Morgan fingerprint density at radius 2 is 1.50 bits per heavy atom. The molecule has 0 atom stereocenters. The van der Waals surface area contributed by atoms with Crippen LogP contribution in [0.15, 0.2) is 0 Å². The van der Waals surface area contributed by atoms with Gasteiger partial charge in [-0.05, 0) is 13.1 Å². The molecule has 0 radical (unpaired) electrons. The molecule has 0 bridgehead atoms. The highest BCUT2D eigenvalue weighted by Crippen LogP contribution is 1.92. The largest absolute Gasteiger partial charge is 0.365 e. The lowest BCUT2D eigenvalue weighted by molar-refractivity contribution is 0.768. The average Bonchev–Trinajstić information content (AvgIpc) is 2.11. The number of nitrogens with one attached hydrogen (secondary N) is 3. The second-order valence-electron chi connectivity index (χ2n) is 3.37. The van der Waals surface area contributed by atoms with Gasteiger partial charge in [0.15, 0.2) is 0 Å². The monoisotopic (exact) mass is 205 g/mol. The van der Waals surface area contributed by atoms with Crippen molar-refractivity contribution in [2.24, 2.45) is 0 Å². The van der Waals surface area contributed by atoms with Crippen LogP contribution in [0.5, 0.6) is 0 Å². The normalized spacial score (nSPS) is 12.2. The van der Waals surface area contributed by atoms with Crippen molar-refractivity contribution < 1.29 is 0 Å². The minimum absolute atomic E-state index is 1.08. The summed E-state index contributed by atoms with van der Waals surface area (Å²) in [7, 11) is -0.0638. The Hall–Kier alpha value is 0.314. The summed E-state index contributed by atoms with van der Waals surface area (Å²) < 4.78 is 3.60. The zero-order valence-electron chi connectivity index (χ0n) is 8.83. The number of hydrogen-bond donors (Lipinski definition) is 3. The summed E-state index contributed by atoms with van der Waals surface area (Å²) >= 11 is 0. The highest BCUT2D eigenvalue weighted by atomic mass is 28.4. The Kier molecular flexibility index (Phi) is 6.97. The zero-order chi connectivity index (χ0) is 9.45. The summed E-state index contributed by atoms with van der Waals surface area (Å²) in [4.78, 5) is 0. The van der Waals surface area contributed by atoms with Gasteiger partial charge < -0.3 is 15.3 Å². The van der Waals surface area contributed by atoms with E-state index in [-0.39, 0.29) is 0 Å². The lowest BCUT2D eigenvalue weighted by atomic mass is 10.8. The van der Waals surface area contributed by atoms with Gasteiger partial charge in [0, 0.05) is 12.3 Å². The van der Waals surface area contributed by atoms with Crippen LogP contribution in [0.3, 0.4) is 0 Å². The molecule has 0 fully saturated rings. The third kappa shape index (κ3) is 5.05. The van der Waals surface area contributed by atoms with Gasteiger partial charge in [-0.25, -0.2) is 0 Å². The molecule has 5 heteroatoms. The first-order valence-corrected chi connectivity index (χ1v) is 8.70. The van der Waals surface area contributed by atoms with E-state index in [0.29, 0.717) is 0 Å². The van der Waals surface area contributed by atoms with E-state index in [1.807, 2.05) is 0 Å². The van der Waals surface area contributed by atoms with E-state index in [9.17, 15) is 0 Å². The predicted octanol–water partition coefficient (Wildman–Crippen LogP) is -1.27. The summed E-state index contributed by atoms with van der Waals surface area (Å²) in [6, 6.07) is 0. The van der Waals surface area contributed by atoms with Crippen molar-refractivity contribution >= 4 is 18.6 Å². The Labute approximate surface area is 80.3 Å². The maximum absolute atomic E-state index is 3.60. The molecule has 0 aliphatic heterocycles. The first-order valence-electron chi connectivity index (χ1n) is 4.79. The molecule has 3 N–H and O–H groups in total. The van der Waals surface area contributed by atoms with Gasteiger partial charge in [0.2, 0.25) is 0 Å². The molecule has 0 aromatic carbocycles. The molecule has 0 spiro atoms. The molecule has 0 heterocycles. The molecule has 0 saturated heterocycles. The topological polar surface area (TPSA) is 36.1 Å². The van der Waals surface area contributed by atoms with Crippen molar-refractivity contribution in [3.05, 3.63) is 0 Å². The Bertz CT molecular complexity index is 103. The summed E-state index contributed by atoms with van der Waals surface area (Å²) in [6.07, 6.45) is 2.36. The molecule has 12 heavy (non-hydrogen) atoms. The van der Waals surface area contributed by atoms with Gasteiger partial charge >= 0.3 is 0 Å². The van der Waals surface area contributed by atoms with Crippen LogP contribution >= 0.6 is 0 Å². The molecule has 0 aliphatic carbocycles. The van der Waals surface area contributed by atoms with Gasteiger partial charge in [-0.2, -0.15) is 0 Å². The molecular weight excluding hydrogens is 182 g/mol. The van der Waals surface area contributed by atoms with Gasteiger partial charge in [-0.3, -0.25) is 0 Å². The van der Waals surface area contributed by atoms with Crippen molar-refractivity contribution in [3.8, 4) is 0 Å². The maximum atomic E-state index is 3.60. The fraction of sp³-hybridized carbons (Fsp3) is 1.00. The van der Waals surface area contributed by atoms with Crippen LogP contribution in [0.1, 0.15) is 13.8 Å². The van der Waals surface area contributed by atoms with Crippen molar-refractivity contribution in [3.63, 3.8) is 0 Å². The van der Waals surface area contributed by atoms with E-state index in [4.69, 9.17) is 0 Å². The first kappa shape index (κ1) is 12.3. The van der Waals surface area contributed by atoms with E-state index in [1.165, 1.54) is 12.3 Å². The van der Waals surface area contributed by atoms with Crippen molar-refractivity contribution in [2.45, 2.75) is 20.4 Å². The van der Waals surface area contributed by atoms with Crippen molar-refractivity contribution in [1.29, 1.82) is 0 Å². The molecule has 0 rings (SSSR count). The SMILES string of the molecule is CCNC[Si](C)(CNCC)N[SiH3]. The van der Waals surface area contributed by atoms with Gasteiger partial charge in [0.05, 0.1) is 10.4 Å². The molecule has 74 valence electrons. The molecule has 0 aromatic rings. The smallest absolute Gasteiger partial charge is 0.143 e. The molecule has 0 saturated carbocycles. The third-order valence-electron chi connectivity index (χ3n) is 2.13. The van der Waals surface area contributed by atoms with Crippen LogP contribution in [-0.2, 0) is 0 Å². The van der Waals surface area contributed by atoms with E-state index in [1.54, 1.807) is 0 Å². The quantitative estimate of drug-likeness (QED) is 0.454. The lowest BCUT2D eigenvalue weighted by Crippen LogP contribution is -2.61. The second kappa shape index (κ2) is 6.79. The predicted molar refractivity (Wildman–Crippen MR) is 61.8 cm³/mol. The van der Waals surface area contributed by atoms with E-state index in [0.717, 1.165) is 23.5 Å². The van der Waals surface area contributed by atoms with Crippen LogP contribution in [0, 0.1) is 0 Å². The summed E-state index contributed by atoms with van der Waals surface area (Å²) in [5.41, 5.74) is 0. The second-order valence-corrected chi connectivity index (χ2v) is 9.20. The Morgan fingerprint density at radius 3 is 1.75 bits per heavy atom. The van der Waals surface area contributed by atoms with Crippen LogP contribution in [-0.4, -0.2) is 44.1 Å². The molecular formula is C7H23N3Si2. The van der Waals surface area contributed by atoms with Gasteiger partial charge in [-0.1, -0.05) is 20.4 Å². The fourth-order valence-electron chi connectivity index (χ4n) is 1.04. The minimum atomic E-state index is -1.18. The van der Waals surface area contributed by atoms with Gasteiger partial charge in [-0.15, -0.1) is 0 Å². The standard InChI is InChI=1S/C7H23N3Si2/c1-4-8-6-12(3,10-11)7-9-5-2/h8-10H,4-7H2,1-3,11H3. The molecule has 0 aromatic heterocycles. The Morgan fingerprint density at radius 1 is 1.08 bits per heavy atom. The lowest BCUT2D eigenvalue weighted by Gasteiger charge is -2.27. The molecule has 3 nitrogen and oxygen atoms in total. The molecule has 0 unspecified atom stereocenters. The minimum Gasteiger partial charge on any atom is -0.365 e. The maximum Gasteiger partial charge on any atom is 0.143 e. The zero-order valence-corrected chi connectivity index (χ0v) is 11.8. The summed E-state index contributed by atoms with van der Waals surface area (Å²) in [5.74, 6) is 0.